The van der Waals surface area contributed by atoms with Gasteiger partial charge in [0.15, 0.2) is 0 Å². The van der Waals surface area contributed by atoms with Gasteiger partial charge >= 0.3 is 0 Å². The van der Waals surface area contributed by atoms with Gasteiger partial charge in [0.05, 0.1) is 11.4 Å². The van der Waals surface area contributed by atoms with Gasteiger partial charge in [-0.15, -0.1) is 0 Å². The van der Waals surface area contributed by atoms with Crippen LogP contribution in [0.2, 0.25) is 0 Å². The minimum atomic E-state index is -0.243. The van der Waals surface area contributed by atoms with Crippen LogP contribution >= 0.6 is 0 Å². The highest BCUT2D eigenvalue weighted by Crippen LogP contribution is 2.38. The van der Waals surface area contributed by atoms with E-state index in [1.54, 1.807) is 24.5 Å². The number of pyridine rings is 1. The van der Waals surface area contributed by atoms with E-state index in [4.69, 9.17) is 0 Å². The number of halogens is 1. The van der Waals surface area contributed by atoms with Crippen molar-refractivity contribution in [2.75, 3.05) is 13.1 Å². The van der Waals surface area contributed by atoms with Crippen molar-refractivity contribution < 1.29 is 4.39 Å². The Bertz CT molecular complexity index is 1020. The number of nitrogens with one attached hydrogen (secondary N) is 1. The first kappa shape index (κ1) is 16.1. The molecule has 0 saturated carbocycles. The van der Waals surface area contributed by atoms with E-state index in [2.05, 4.69) is 38.3 Å². The molecule has 27 heavy (non-hydrogen) atoms. The molecule has 2 aromatic heterocycles. The summed E-state index contributed by atoms with van der Waals surface area (Å²) in [6, 6.07) is 10.9. The highest BCUT2D eigenvalue weighted by molar-refractivity contribution is 5.89. The minimum absolute atomic E-state index is 0.243. The first-order chi connectivity index (χ1) is 13.3. The molecule has 4 heterocycles. The number of H-pyrrole nitrogens is 1. The third-order valence-corrected chi connectivity index (χ3v) is 5.31. The van der Waals surface area contributed by atoms with E-state index < -0.39 is 0 Å². The maximum absolute atomic E-state index is 13.4. The number of nitrogens with zero attached hydrogens (tertiary/aromatic N) is 3. The summed E-state index contributed by atoms with van der Waals surface area (Å²) < 4.78 is 13.4. The smallest absolute Gasteiger partial charge is 0.123 e. The Labute approximate surface area is 157 Å². The Kier molecular flexibility index (Phi) is 3.94. The van der Waals surface area contributed by atoms with E-state index in [1.807, 2.05) is 12.1 Å². The van der Waals surface area contributed by atoms with Gasteiger partial charge < -0.3 is 0 Å². The fraction of sp³-hybridized carbons (Fsp3) is 0.182. The molecule has 5 rings (SSSR count). The van der Waals surface area contributed by atoms with E-state index in [9.17, 15) is 4.39 Å². The summed E-state index contributed by atoms with van der Waals surface area (Å²) >= 11 is 0. The van der Waals surface area contributed by atoms with Crippen LogP contribution in [-0.2, 0) is 0 Å². The third-order valence-electron chi connectivity index (χ3n) is 5.31. The molecule has 0 fully saturated rings. The average Bonchev–Trinajstić information content (AvgIpc) is 3.35. The average molecular weight is 358 g/mol. The molecule has 5 heteroatoms. The molecule has 0 saturated heterocycles. The summed E-state index contributed by atoms with van der Waals surface area (Å²) in [5.41, 5.74) is 6.14. The number of aromatic amines is 1. The zero-order valence-corrected chi connectivity index (χ0v) is 14.8. The van der Waals surface area contributed by atoms with Crippen LogP contribution in [-0.4, -0.2) is 39.2 Å². The predicted octanol–water partition coefficient (Wildman–Crippen LogP) is 4.31. The largest absolute Gasteiger partial charge is 0.289 e. The molecular weight excluding hydrogens is 339 g/mol. The molecule has 0 amide bonds. The van der Waals surface area contributed by atoms with E-state index in [0.717, 1.165) is 47.6 Å². The molecule has 4 nitrogen and oxygen atoms in total. The molecule has 1 aromatic carbocycles. The summed E-state index contributed by atoms with van der Waals surface area (Å²) in [6.07, 6.45) is 11.3. The highest BCUT2D eigenvalue weighted by atomic mass is 19.1. The van der Waals surface area contributed by atoms with Crippen LogP contribution in [0.25, 0.3) is 28.0 Å². The lowest BCUT2D eigenvalue weighted by Crippen LogP contribution is -2.33. The van der Waals surface area contributed by atoms with Crippen molar-refractivity contribution in [3.8, 4) is 22.4 Å². The van der Waals surface area contributed by atoms with Crippen LogP contribution in [0.1, 0.15) is 12.1 Å². The quantitative estimate of drug-likeness (QED) is 0.710. The van der Waals surface area contributed by atoms with Crippen molar-refractivity contribution in [3.63, 3.8) is 0 Å². The zero-order valence-electron chi connectivity index (χ0n) is 14.8. The Morgan fingerprint density at radius 2 is 1.85 bits per heavy atom. The van der Waals surface area contributed by atoms with E-state index in [1.165, 1.54) is 17.7 Å². The number of hydrogen-bond acceptors (Lipinski definition) is 3. The standard InChI is InChI=1S/C22H19FN4/c23-18-5-3-16(4-6-18)21-20(15-7-10-24-11-8-15)22(26-25-21)17-9-13-27-12-1-2-19(27)14-17/h1-8,10-11,14,19H,9,12-13H2,(H,25,26). The van der Waals surface area contributed by atoms with Crippen LogP contribution in [0, 0.1) is 5.82 Å². The van der Waals surface area contributed by atoms with Crippen molar-refractivity contribution in [3.05, 3.63) is 78.5 Å². The molecule has 2 aliphatic heterocycles. The molecule has 0 aliphatic carbocycles. The first-order valence-electron chi connectivity index (χ1n) is 9.16. The number of rotatable bonds is 3. The van der Waals surface area contributed by atoms with Crippen LogP contribution < -0.4 is 0 Å². The van der Waals surface area contributed by atoms with Crippen LogP contribution in [0.5, 0.6) is 0 Å². The third kappa shape index (κ3) is 2.90. The van der Waals surface area contributed by atoms with Gasteiger partial charge in [0.2, 0.25) is 0 Å². The maximum Gasteiger partial charge on any atom is 0.123 e. The number of fused-ring (bicyclic) bond motifs is 1. The van der Waals surface area contributed by atoms with Gasteiger partial charge in [0, 0.05) is 42.7 Å². The number of benzene rings is 1. The summed E-state index contributed by atoms with van der Waals surface area (Å²) in [4.78, 5) is 6.59. The van der Waals surface area contributed by atoms with Crippen molar-refractivity contribution in [1.82, 2.24) is 20.1 Å². The summed E-state index contributed by atoms with van der Waals surface area (Å²) in [7, 11) is 0. The van der Waals surface area contributed by atoms with Crippen LogP contribution in [0.15, 0.2) is 67.0 Å². The predicted molar refractivity (Wildman–Crippen MR) is 104 cm³/mol. The lowest BCUT2D eigenvalue weighted by atomic mass is 9.93. The van der Waals surface area contributed by atoms with Gasteiger partial charge in [0.25, 0.3) is 0 Å². The summed E-state index contributed by atoms with van der Waals surface area (Å²) in [5, 5.41) is 7.88. The van der Waals surface area contributed by atoms with Gasteiger partial charge in [-0.1, -0.05) is 18.2 Å². The van der Waals surface area contributed by atoms with Gasteiger partial charge in [0.1, 0.15) is 5.82 Å². The molecule has 0 spiro atoms. The molecule has 3 aromatic rings. The van der Waals surface area contributed by atoms with Crippen molar-refractivity contribution in [2.24, 2.45) is 0 Å². The van der Waals surface area contributed by atoms with Gasteiger partial charge in [-0.2, -0.15) is 5.10 Å². The summed E-state index contributed by atoms with van der Waals surface area (Å²) in [5.74, 6) is -0.243. The monoisotopic (exact) mass is 358 g/mol. The Balaban J connectivity index is 1.66. The second-order valence-electron chi connectivity index (χ2n) is 6.92. The van der Waals surface area contributed by atoms with E-state index in [0.29, 0.717) is 6.04 Å². The van der Waals surface area contributed by atoms with Gasteiger partial charge in [-0.25, -0.2) is 4.39 Å². The zero-order chi connectivity index (χ0) is 18.2. The molecule has 134 valence electrons. The van der Waals surface area contributed by atoms with Gasteiger partial charge in [-0.3, -0.25) is 15.0 Å². The molecule has 1 atom stereocenters. The molecule has 0 bridgehead atoms. The second-order valence-corrected chi connectivity index (χ2v) is 6.92. The Morgan fingerprint density at radius 3 is 2.67 bits per heavy atom. The number of hydrogen-bond donors (Lipinski definition) is 1. The fourth-order valence-corrected chi connectivity index (χ4v) is 3.93. The molecule has 1 unspecified atom stereocenters. The minimum Gasteiger partial charge on any atom is -0.289 e. The SMILES string of the molecule is Fc1ccc(-c2[nH]nc(C3=CC4C=CCN4CC3)c2-c2ccncc2)cc1. The number of aromatic nitrogens is 3. The molecule has 2 aliphatic rings. The van der Waals surface area contributed by atoms with E-state index >= 15 is 0 Å². The Morgan fingerprint density at radius 1 is 1.04 bits per heavy atom. The highest BCUT2D eigenvalue weighted by Gasteiger charge is 2.26. The van der Waals surface area contributed by atoms with Gasteiger partial charge in [-0.05, 0) is 54.0 Å². The normalized spacial score (nSPS) is 19.1. The van der Waals surface area contributed by atoms with Crippen molar-refractivity contribution in [2.45, 2.75) is 12.5 Å². The summed E-state index contributed by atoms with van der Waals surface area (Å²) in [6.45, 7) is 2.05. The first-order valence-corrected chi connectivity index (χ1v) is 9.16. The Hall–Kier alpha value is -3.05. The second kappa shape index (κ2) is 6.59. The van der Waals surface area contributed by atoms with Crippen LogP contribution in [0.3, 0.4) is 0 Å². The topological polar surface area (TPSA) is 44.8 Å². The maximum atomic E-state index is 13.4. The van der Waals surface area contributed by atoms with E-state index in [-0.39, 0.29) is 5.82 Å². The molecular formula is C22H19FN4. The lowest BCUT2D eigenvalue weighted by molar-refractivity contribution is 0.304. The molecule has 0 radical (unpaired) electrons. The fourth-order valence-electron chi connectivity index (χ4n) is 3.93. The van der Waals surface area contributed by atoms with Crippen LogP contribution in [0.4, 0.5) is 4.39 Å². The van der Waals surface area contributed by atoms with Crippen molar-refractivity contribution in [1.29, 1.82) is 0 Å². The van der Waals surface area contributed by atoms with Crippen molar-refractivity contribution >= 4 is 5.57 Å². The molecule has 1 N–H and O–H groups in total. The lowest BCUT2D eigenvalue weighted by Gasteiger charge is -2.28.